The summed E-state index contributed by atoms with van der Waals surface area (Å²) in [5.41, 5.74) is 5.18. The van der Waals surface area contributed by atoms with Crippen molar-refractivity contribution in [2.24, 2.45) is 0 Å². The number of aromatic nitrogens is 2. The molecule has 2 fully saturated rings. The number of hydrogen-bond donors (Lipinski definition) is 0. The van der Waals surface area contributed by atoms with Gasteiger partial charge in [0.05, 0.1) is 11.0 Å². The second-order valence-electron chi connectivity index (χ2n) is 9.51. The topological polar surface area (TPSA) is 58.4 Å². The van der Waals surface area contributed by atoms with E-state index >= 15 is 0 Å². The zero-order valence-electron chi connectivity index (χ0n) is 19.6. The van der Waals surface area contributed by atoms with Gasteiger partial charge in [0, 0.05) is 37.7 Å². The molecule has 2 aliphatic heterocycles. The number of nitrogens with zero attached hydrogens (tertiary/aromatic N) is 4. The molecule has 1 unspecified atom stereocenters. The third-order valence-corrected chi connectivity index (χ3v) is 7.23. The molecule has 0 N–H and O–H groups in total. The van der Waals surface area contributed by atoms with Crippen molar-refractivity contribution in [3.8, 4) is 0 Å². The monoisotopic (exact) mass is 444 g/mol. The van der Waals surface area contributed by atoms with Crippen LogP contribution in [-0.4, -0.2) is 45.9 Å². The van der Waals surface area contributed by atoms with Crippen LogP contribution in [0.4, 0.5) is 5.69 Å². The number of carbonyl (C=O) groups is 2. The van der Waals surface area contributed by atoms with Crippen LogP contribution in [0, 0.1) is 13.8 Å². The van der Waals surface area contributed by atoms with Gasteiger partial charge in [0.1, 0.15) is 12.4 Å². The van der Waals surface area contributed by atoms with Crippen LogP contribution in [0.2, 0.25) is 0 Å². The first kappa shape index (κ1) is 21.7. The maximum atomic E-state index is 13.2. The molecule has 172 valence electrons. The van der Waals surface area contributed by atoms with Gasteiger partial charge in [-0.15, -0.1) is 0 Å². The minimum atomic E-state index is -0.0385. The Morgan fingerprint density at radius 3 is 2.52 bits per heavy atom. The molecule has 0 saturated carbocycles. The summed E-state index contributed by atoms with van der Waals surface area (Å²) < 4.78 is 2.06. The second kappa shape index (κ2) is 9.00. The predicted octanol–water partition coefficient (Wildman–Crippen LogP) is 4.58. The zero-order chi connectivity index (χ0) is 22.9. The number of likely N-dealkylation sites (tertiary alicyclic amines) is 1. The molecule has 6 nitrogen and oxygen atoms in total. The summed E-state index contributed by atoms with van der Waals surface area (Å²) in [6.45, 7) is 6.70. The summed E-state index contributed by atoms with van der Waals surface area (Å²) in [5.74, 6) is 1.07. The van der Waals surface area contributed by atoms with E-state index in [0.717, 1.165) is 48.5 Å². The summed E-state index contributed by atoms with van der Waals surface area (Å²) in [7, 11) is 0. The largest absolute Gasteiger partial charge is 0.341 e. The van der Waals surface area contributed by atoms with Crippen molar-refractivity contribution in [1.82, 2.24) is 14.5 Å². The van der Waals surface area contributed by atoms with Crippen molar-refractivity contribution in [3.05, 3.63) is 59.4 Å². The van der Waals surface area contributed by atoms with E-state index in [-0.39, 0.29) is 24.3 Å². The Labute approximate surface area is 195 Å². The van der Waals surface area contributed by atoms with Crippen molar-refractivity contribution in [1.29, 1.82) is 0 Å². The van der Waals surface area contributed by atoms with E-state index in [0.29, 0.717) is 13.0 Å². The maximum Gasteiger partial charge on any atom is 0.242 e. The summed E-state index contributed by atoms with van der Waals surface area (Å²) in [4.78, 5) is 35.0. The molecule has 33 heavy (non-hydrogen) atoms. The third kappa shape index (κ3) is 4.26. The molecule has 2 amide bonds. The second-order valence-corrected chi connectivity index (χ2v) is 9.51. The van der Waals surface area contributed by atoms with Gasteiger partial charge in [0.25, 0.3) is 0 Å². The summed E-state index contributed by atoms with van der Waals surface area (Å²) in [6, 6.07) is 14.2. The van der Waals surface area contributed by atoms with Crippen molar-refractivity contribution in [2.75, 3.05) is 24.5 Å². The SMILES string of the molecule is Cc1ccc(N2CC(c3nc4ccccc4n3CC(=O)N3CCCCCC3)CC2=O)cc1C. The van der Waals surface area contributed by atoms with Crippen LogP contribution in [0.25, 0.3) is 11.0 Å². The van der Waals surface area contributed by atoms with E-state index in [1.165, 1.54) is 24.0 Å². The zero-order valence-corrected chi connectivity index (χ0v) is 19.6. The number of benzene rings is 2. The summed E-state index contributed by atoms with van der Waals surface area (Å²) >= 11 is 0. The van der Waals surface area contributed by atoms with E-state index in [9.17, 15) is 9.59 Å². The number of para-hydroxylation sites is 2. The van der Waals surface area contributed by atoms with Gasteiger partial charge in [-0.05, 0) is 62.1 Å². The van der Waals surface area contributed by atoms with Crippen LogP contribution < -0.4 is 4.90 Å². The molecule has 0 radical (unpaired) electrons. The van der Waals surface area contributed by atoms with Crippen molar-refractivity contribution >= 4 is 28.5 Å². The molecule has 2 aromatic carbocycles. The van der Waals surface area contributed by atoms with Crippen LogP contribution in [0.1, 0.15) is 55.0 Å². The Morgan fingerprint density at radius 2 is 1.76 bits per heavy atom. The average molecular weight is 445 g/mol. The van der Waals surface area contributed by atoms with Gasteiger partial charge in [-0.2, -0.15) is 0 Å². The first-order valence-corrected chi connectivity index (χ1v) is 12.1. The predicted molar refractivity (Wildman–Crippen MR) is 130 cm³/mol. The smallest absolute Gasteiger partial charge is 0.242 e. The van der Waals surface area contributed by atoms with Crippen molar-refractivity contribution in [2.45, 2.75) is 58.4 Å². The molecule has 5 rings (SSSR count). The molecule has 6 heteroatoms. The van der Waals surface area contributed by atoms with E-state index in [1.54, 1.807) is 0 Å². The highest BCUT2D eigenvalue weighted by Gasteiger charge is 2.35. The number of fused-ring (bicyclic) bond motifs is 1. The lowest BCUT2D eigenvalue weighted by molar-refractivity contribution is -0.131. The highest BCUT2D eigenvalue weighted by molar-refractivity contribution is 5.96. The Bertz CT molecular complexity index is 1190. The van der Waals surface area contributed by atoms with Gasteiger partial charge in [0.2, 0.25) is 11.8 Å². The Kier molecular flexibility index (Phi) is 5.92. The van der Waals surface area contributed by atoms with Crippen LogP contribution in [0.5, 0.6) is 0 Å². The lowest BCUT2D eigenvalue weighted by Gasteiger charge is -2.22. The fourth-order valence-electron chi connectivity index (χ4n) is 5.15. The van der Waals surface area contributed by atoms with Crippen LogP contribution in [0.15, 0.2) is 42.5 Å². The normalized spacial score (nSPS) is 19.3. The van der Waals surface area contributed by atoms with Crippen LogP contribution in [0.3, 0.4) is 0 Å². The van der Waals surface area contributed by atoms with Gasteiger partial charge >= 0.3 is 0 Å². The molecular formula is C27H32N4O2. The molecule has 3 heterocycles. The average Bonchev–Trinajstić information content (AvgIpc) is 3.23. The maximum absolute atomic E-state index is 13.2. The van der Waals surface area contributed by atoms with E-state index < -0.39 is 0 Å². The molecule has 1 atom stereocenters. The molecule has 1 aromatic heterocycles. The lowest BCUT2D eigenvalue weighted by atomic mass is 10.1. The number of rotatable bonds is 4. The fraction of sp³-hybridized carbons (Fsp3) is 0.444. The Hall–Kier alpha value is -3.15. The highest BCUT2D eigenvalue weighted by atomic mass is 16.2. The first-order valence-electron chi connectivity index (χ1n) is 12.1. The first-order chi connectivity index (χ1) is 16.0. The molecule has 0 aliphatic carbocycles. The standard InChI is InChI=1S/C27H32N4O2/c1-19-11-12-22(15-20(19)2)30-17-21(16-25(30)32)27-28-23-9-5-6-10-24(23)31(27)18-26(33)29-13-7-3-4-8-14-29/h5-6,9-12,15,21H,3-4,7-8,13-14,16-18H2,1-2H3. The number of aryl methyl sites for hydroxylation is 2. The van der Waals surface area contributed by atoms with Crippen molar-refractivity contribution < 1.29 is 9.59 Å². The molecule has 0 bridgehead atoms. The molecule has 2 saturated heterocycles. The Balaban J connectivity index is 1.45. The quantitative estimate of drug-likeness (QED) is 0.592. The van der Waals surface area contributed by atoms with Gasteiger partial charge in [-0.1, -0.05) is 31.0 Å². The van der Waals surface area contributed by atoms with Gasteiger partial charge in [-0.3, -0.25) is 9.59 Å². The van der Waals surface area contributed by atoms with Gasteiger partial charge in [-0.25, -0.2) is 4.98 Å². The van der Waals surface area contributed by atoms with E-state index in [1.807, 2.05) is 40.1 Å². The fourth-order valence-corrected chi connectivity index (χ4v) is 5.15. The van der Waals surface area contributed by atoms with Gasteiger partial charge in [0.15, 0.2) is 0 Å². The molecule has 0 spiro atoms. The summed E-state index contributed by atoms with van der Waals surface area (Å²) in [5, 5.41) is 0. The van der Waals surface area contributed by atoms with Crippen LogP contribution in [-0.2, 0) is 16.1 Å². The number of anilines is 1. The third-order valence-electron chi connectivity index (χ3n) is 7.23. The van der Waals surface area contributed by atoms with Crippen molar-refractivity contribution in [3.63, 3.8) is 0 Å². The number of carbonyl (C=O) groups excluding carboxylic acids is 2. The Morgan fingerprint density at radius 1 is 1.00 bits per heavy atom. The molecule has 2 aliphatic rings. The van der Waals surface area contributed by atoms with Gasteiger partial charge < -0.3 is 14.4 Å². The molecular weight excluding hydrogens is 412 g/mol. The summed E-state index contributed by atoms with van der Waals surface area (Å²) in [6.07, 6.45) is 4.95. The van der Waals surface area contributed by atoms with E-state index in [2.05, 4.69) is 30.5 Å². The minimum Gasteiger partial charge on any atom is -0.341 e. The number of hydrogen-bond acceptors (Lipinski definition) is 3. The van der Waals surface area contributed by atoms with Crippen LogP contribution >= 0.6 is 0 Å². The number of imidazole rings is 1. The number of amides is 2. The highest BCUT2D eigenvalue weighted by Crippen LogP contribution is 2.34. The minimum absolute atomic E-state index is 0.0385. The lowest BCUT2D eigenvalue weighted by Crippen LogP contribution is -2.35. The molecule has 3 aromatic rings. The van der Waals surface area contributed by atoms with E-state index in [4.69, 9.17) is 4.98 Å².